The summed E-state index contributed by atoms with van der Waals surface area (Å²) in [5.74, 6) is 0.924. The van der Waals surface area contributed by atoms with Crippen molar-refractivity contribution in [1.29, 1.82) is 0 Å². The van der Waals surface area contributed by atoms with Gasteiger partial charge in [-0.2, -0.15) is 0 Å². The summed E-state index contributed by atoms with van der Waals surface area (Å²) in [5.41, 5.74) is 1.12. The van der Waals surface area contributed by atoms with Gasteiger partial charge >= 0.3 is 5.97 Å². The molecule has 2 rings (SSSR count). The Morgan fingerprint density at radius 3 is 2.82 bits per heavy atom. The Bertz CT molecular complexity index is 383. The Morgan fingerprint density at radius 1 is 1.35 bits per heavy atom. The molecule has 0 heterocycles. The zero-order valence-electron chi connectivity index (χ0n) is 9.89. The van der Waals surface area contributed by atoms with Crippen LogP contribution in [-0.2, 0) is 11.2 Å². The van der Waals surface area contributed by atoms with Crippen molar-refractivity contribution in [2.24, 2.45) is 5.92 Å². The molecule has 1 aliphatic carbocycles. The number of carboxylic acid groups (broad SMARTS) is 1. The molecular weight excluding hydrogens is 216 g/mol. The molecule has 92 valence electrons. The molecule has 0 atom stereocenters. The van der Waals surface area contributed by atoms with E-state index in [4.69, 9.17) is 9.84 Å². The van der Waals surface area contributed by atoms with E-state index in [1.807, 2.05) is 24.3 Å². The first-order chi connectivity index (χ1) is 8.25. The smallest absolute Gasteiger partial charge is 0.303 e. The highest BCUT2D eigenvalue weighted by atomic mass is 16.5. The summed E-state index contributed by atoms with van der Waals surface area (Å²) < 4.78 is 5.77. The van der Waals surface area contributed by atoms with E-state index in [2.05, 4.69) is 0 Å². The van der Waals surface area contributed by atoms with Crippen LogP contribution in [0.3, 0.4) is 0 Å². The molecule has 0 radical (unpaired) electrons. The molecule has 3 nitrogen and oxygen atoms in total. The van der Waals surface area contributed by atoms with Gasteiger partial charge in [-0.15, -0.1) is 0 Å². The zero-order valence-corrected chi connectivity index (χ0v) is 9.89. The highest BCUT2D eigenvalue weighted by molar-refractivity contribution is 5.66. The molecule has 0 saturated heterocycles. The monoisotopic (exact) mass is 234 g/mol. The van der Waals surface area contributed by atoms with Crippen molar-refractivity contribution in [3.8, 4) is 5.75 Å². The fourth-order valence-corrected chi connectivity index (χ4v) is 1.77. The fourth-order valence-electron chi connectivity index (χ4n) is 1.77. The predicted octanol–water partition coefficient (Wildman–Crippen LogP) is 2.88. The van der Waals surface area contributed by atoms with Crippen molar-refractivity contribution < 1.29 is 14.6 Å². The van der Waals surface area contributed by atoms with Crippen LogP contribution in [0.5, 0.6) is 5.75 Å². The Balaban J connectivity index is 1.87. The molecule has 0 bridgehead atoms. The molecular formula is C14H18O3. The van der Waals surface area contributed by atoms with E-state index in [9.17, 15) is 4.79 Å². The Kier molecular flexibility index (Phi) is 4.02. The summed E-state index contributed by atoms with van der Waals surface area (Å²) in [6, 6.07) is 7.92. The Labute approximate surface area is 101 Å². The van der Waals surface area contributed by atoms with Gasteiger partial charge < -0.3 is 9.84 Å². The van der Waals surface area contributed by atoms with Gasteiger partial charge in [0.15, 0.2) is 0 Å². The molecule has 0 spiro atoms. The van der Waals surface area contributed by atoms with Gasteiger partial charge in [0.1, 0.15) is 5.75 Å². The quantitative estimate of drug-likeness (QED) is 0.789. The van der Waals surface area contributed by atoms with E-state index >= 15 is 0 Å². The number of hydrogen-bond donors (Lipinski definition) is 1. The summed E-state index contributed by atoms with van der Waals surface area (Å²) in [6.07, 6.45) is 4.21. The summed E-state index contributed by atoms with van der Waals surface area (Å²) >= 11 is 0. The summed E-state index contributed by atoms with van der Waals surface area (Å²) in [5, 5.41) is 8.61. The average Bonchev–Trinajstić information content (AvgIpc) is 3.11. The summed E-state index contributed by atoms with van der Waals surface area (Å²) in [4.78, 5) is 10.5. The number of para-hydroxylation sites is 1. The van der Waals surface area contributed by atoms with E-state index in [1.165, 1.54) is 12.8 Å². The molecule has 1 fully saturated rings. The van der Waals surface area contributed by atoms with Crippen LogP contribution in [0.15, 0.2) is 24.3 Å². The molecule has 1 aromatic rings. The van der Waals surface area contributed by atoms with Crippen molar-refractivity contribution in [3.05, 3.63) is 29.8 Å². The van der Waals surface area contributed by atoms with Crippen molar-refractivity contribution in [2.45, 2.75) is 32.1 Å². The van der Waals surface area contributed by atoms with Gasteiger partial charge in [-0.05, 0) is 43.2 Å². The van der Waals surface area contributed by atoms with Gasteiger partial charge in [0.2, 0.25) is 0 Å². The van der Waals surface area contributed by atoms with Crippen LogP contribution in [0.1, 0.15) is 31.2 Å². The van der Waals surface area contributed by atoms with Crippen LogP contribution in [-0.4, -0.2) is 17.7 Å². The molecule has 1 N–H and O–H groups in total. The van der Waals surface area contributed by atoms with Crippen molar-refractivity contribution >= 4 is 5.97 Å². The van der Waals surface area contributed by atoms with Gasteiger partial charge in [0.25, 0.3) is 0 Å². The molecule has 0 unspecified atom stereocenters. The van der Waals surface area contributed by atoms with Crippen LogP contribution in [0.25, 0.3) is 0 Å². The van der Waals surface area contributed by atoms with Gasteiger partial charge in [-0.1, -0.05) is 18.2 Å². The first-order valence-electron chi connectivity index (χ1n) is 6.18. The van der Waals surface area contributed by atoms with E-state index < -0.39 is 5.97 Å². The maximum Gasteiger partial charge on any atom is 0.303 e. The Hall–Kier alpha value is -1.51. The zero-order chi connectivity index (χ0) is 12.1. The number of aryl methyl sites for hydroxylation is 1. The minimum absolute atomic E-state index is 0.219. The molecule has 3 heteroatoms. The lowest BCUT2D eigenvalue weighted by Crippen LogP contribution is -2.02. The van der Waals surface area contributed by atoms with Crippen LogP contribution in [0.4, 0.5) is 0 Å². The van der Waals surface area contributed by atoms with Gasteiger partial charge in [-0.3, -0.25) is 4.79 Å². The number of ether oxygens (including phenoxy) is 1. The van der Waals surface area contributed by atoms with Gasteiger partial charge in [0, 0.05) is 6.42 Å². The fraction of sp³-hybridized carbons (Fsp3) is 0.500. The van der Waals surface area contributed by atoms with E-state index in [1.54, 1.807) is 0 Å². The number of hydrogen-bond acceptors (Lipinski definition) is 2. The summed E-state index contributed by atoms with van der Waals surface area (Å²) in [6.45, 7) is 0.802. The van der Waals surface area contributed by atoms with Crippen LogP contribution >= 0.6 is 0 Å². The maximum atomic E-state index is 10.5. The third-order valence-corrected chi connectivity index (χ3v) is 2.98. The number of carbonyl (C=O) groups is 1. The highest BCUT2D eigenvalue weighted by Gasteiger charge is 2.22. The Morgan fingerprint density at radius 2 is 2.12 bits per heavy atom. The highest BCUT2D eigenvalue weighted by Crippen LogP contribution is 2.30. The lowest BCUT2D eigenvalue weighted by Gasteiger charge is -2.10. The number of rotatable bonds is 7. The second-order valence-corrected chi connectivity index (χ2v) is 4.61. The van der Waals surface area contributed by atoms with Crippen molar-refractivity contribution in [2.75, 3.05) is 6.61 Å². The van der Waals surface area contributed by atoms with E-state index in [0.29, 0.717) is 6.42 Å². The first kappa shape index (κ1) is 12.0. The molecule has 0 amide bonds. The molecule has 1 saturated carbocycles. The lowest BCUT2D eigenvalue weighted by atomic mass is 10.1. The SMILES string of the molecule is O=C(O)CCCc1ccccc1OCC1CC1. The van der Waals surface area contributed by atoms with Crippen molar-refractivity contribution in [3.63, 3.8) is 0 Å². The predicted molar refractivity (Wildman–Crippen MR) is 65.2 cm³/mol. The molecule has 0 aromatic heterocycles. The number of benzene rings is 1. The van der Waals surface area contributed by atoms with E-state index in [-0.39, 0.29) is 6.42 Å². The van der Waals surface area contributed by atoms with E-state index in [0.717, 1.165) is 30.3 Å². The minimum atomic E-state index is -0.735. The maximum absolute atomic E-state index is 10.5. The van der Waals surface area contributed by atoms with Gasteiger partial charge in [0.05, 0.1) is 6.61 Å². The average molecular weight is 234 g/mol. The number of aliphatic carboxylic acids is 1. The lowest BCUT2D eigenvalue weighted by molar-refractivity contribution is -0.137. The minimum Gasteiger partial charge on any atom is -0.493 e. The number of carboxylic acids is 1. The second kappa shape index (κ2) is 5.71. The molecule has 1 aliphatic rings. The topological polar surface area (TPSA) is 46.5 Å². The summed E-state index contributed by atoms with van der Waals surface area (Å²) in [7, 11) is 0. The normalized spacial score (nSPS) is 14.6. The largest absolute Gasteiger partial charge is 0.493 e. The standard InChI is InChI=1S/C14H18O3/c15-14(16)7-3-5-12-4-1-2-6-13(12)17-10-11-8-9-11/h1-2,4,6,11H,3,5,7-10H2,(H,15,16). The van der Waals surface area contributed by atoms with Crippen LogP contribution < -0.4 is 4.74 Å². The first-order valence-corrected chi connectivity index (χ1v) is 6.18. The molecule has 1 aromatic carbocycles. The van der Waals surface area contributed by atoms with Gasteiger partial charge in [-0.25, -0.2) is 0 Å². The second-order valence-electron chi connectivity index (χ2n) is 4.61. The molecule has 17 heavy (non-hydrogen) atoms. The molecule has 0 aliphatic heterocycles. The van der Waals surface area contributed by atoms with Crippen molar-refractivity contribution in [1.82, 2.24) is 0 Å². The van der Waals surface area contributed by atoms with Crippen LogP contribution in [0, 0.1) is 5.92 Å². The van der Waals surface area contributed by atoms with Crippen LogP contribution in [0.2, 0.25) is 0 Å². The third kappa shape index (κ3) is 4.10. The third-order valence-electron chi connectivity index (χ3n) is 2.98.